The van der Waals surface area contributed by atoms with Crippen LogP contribution in [0.5, 0.6) is 0 Å². The van der Waals surface area contributed by atoms with Gasteiger partial charge in [0.15, 0.2) is 11.6 Å². The number of hydrogen-bond acceptors (Lipinski definition) is 7. The number of aliphatic hydroxyl groups is 3. The van der Waals surface area contributed by atoms with E-state index in [2.05, 4.69) is 17.6 Å². The van der Waals surface area contributed by atoms with E-state index >= 15 is 0 Å². The first-order valence-electron chi connectivity index (χ1n) is 12.4. The maximum absolute atomic E-state index is 12.2. The molecule has 9 nitrogen and oxygen atoms in total. The van der Waals surface area contributed by atoms with Crippen LogP contribution in [0.2, 0.25) is 0 Å². The van der Waals surface area contributed by atoms with Crippen LogP contribution in [0, 0.1) is 0 Å². The number of rotatable bonds is 12. The van der Waals surface area contributed by atoms with E-state index in [1.807, 2.05) is 12.2 Å². The monoisotopic (exact) mass is 522 g/mol. The van der Waals surface area contributed by atoms with Gasteiger partial charge in [0, 0.05) is 31.4 Å². The van der Waals surface area contributed by atoms with Crippen LogP contribution in [-0.2, 0) is 19.2 Å². The van der Waals surface area contributed by atoms with Gasteiger partial charge in [0.25, 0.3) is 0 Å². The minimum absolute atomic E-state index is 0.0943. The van der Waals surface area contributed by atoms with Crippen molar-refractivity contribution in [1.29, 1.82) is 0 Å². The number of allylic oxidation sites excluding steroid dienone is 12. The summed E-state index contributed by atoms with van der Waals surface area (Å²) >= 11 is 0. The second-order valence-corrected chi connectivity index (χ2v) is 8.73. The molecule has 0 fully saturated rings. The Labute approximate surface area is 222 Å². The first-order chi connectivity index (χ1) is 18.2. The van der Waals surface area contributed by atoms with E-state index in [9.17, 15) is 34.5 Å². The molecule has 0 aromatic heterocycles. The van der Waals surface area contributed by atoms with Crippen molar-refractivity contribution in [1.82, 2.24) is 10.6 Å². The fourth-order valence-corrected chi connectivity index (χ4v) is 3.49. The van der Waals surface area contributed by atoms with Gasteiger partial charge >= 0.3 is 0 Å². The molecule has 0 saturated carbocycles. The average molecular weight is 523 g/mol. The van der Waals surface area contributed by atoms with Gasteiger partial charge in [-0.15, -0.1) is 0 Å². The summed E-state index contributed by atoms with van der Waals surface area (Å²) in [6.45, 7) is 2.12. The van der Waals surface area contributed by atoms with Gasteiger partial charge in [0.1, 0.15) is 17.1 Å². The number of amides is 2. The lowest BCUT2D eigenvalue weighted by atomic mass is 9.85. The van der Waals surface area contributed by atoms with E-state index in [1.165, 1.54) is 42.5 Å². The molecule has 0 spiro atoms. The van der Waals surface area contributed by atoms with Crippen molar-refractivity contribution in [3.63, 3.8) is 0 Å². The van der Waals surface area contributed by atoms with Gasteiger partial charge in [-0.05, 0) is 18.6 Å². The fraction of sp³-hybridized carbons (Fsp3) is 0.310. The molecule has 0 radical (unpaired) electrons. The van der Waals surface area contributed by atoms with Crippen LogP contribution in [0.25, 0.3) is 0 Å². The number of hydrogen-bond donors (Lipinski definition) is 5. The largest absolute Gasteiger partial charge is 0.510 e. The molecule has 2 aliphatic rings. The zero-order valence-corrected chi connectivity index (χ0v) is 21.3. The van der Waals surface area contributed by atoms with Crippen LogP contribution in [0.3, 0.4) is 0 Å². The second-order valence-electron chi connectivity index (χ2n) is 8.73. The van der Waals surface area contributed by atoms with Gasteiger partial charge in [0.2, 0.25) is 11.8 Å². The van der Waals surface area contributed by atoms with Crippen molar-refractivity contribution in [2.75, 3.05) is 0 Å². The van der Waals surface area contributed by atoms with Gasteiger partial charge in [-0.2, -0.15) is 0 Å². The Morgan fingerprint density at radius 3 is 2.21 bits per heavy atom. The molecule has 5 N–H and O–H groups in total. The topological polar surface area (TPSA) is 153 Å². The number of unbranched alkanes of at least 4 members (excludes halogenated alkanes) is 2. The maximum atomic E-state index is 12.2. The highest BCUT2D eigenvalue weighted by molar-refractivity contribution is 6.03. The van der Waals surface area contributed by atoms with Gasteiger partial charge < -0.3 is 26.0 Å². The summed E-state index contributed by atoms with van der Waals surface area (Å²) in [6, 6.07) is 0. The van der Waals surface area contributed by atoms with E-state index in [0.717, 1.165) is 31.4 Å². The number of ketones is 2. The molecule has 0 unspecified atom stereocenters. The highest BCUT2D eigenvalue weighted by Crippen LogP contribution is 2.25. The molecule has 2 amide bonds. The number of carbonyl (C=O) groups excluding carboxylic acids is 4. The van der Waals surface area contributed by atoms with Crippen molar-refractivity contribution in [3.8, 4) is 0 Å². The second kappa shape index (κ2) is 15.2. The van der Waals surface area contributed by atoms with Crippen LogP contribution < -0.4 is 10.6 Å². The van der Waals surface area contributed by atoms with Crippen LogP contribution in [-0.4, -0.2) is 50.4 Å². The summed E-state index contributed by atoms with van der Waals surface area (Å²) in [6.07, 6.45) is 21.2. The van der Waals surface area contributed by atoms with E-state index in [4.69, 9.17) is 0 Å². The average Bonchev–Trinajstić information content (AvgIpc) is 3.18. The van der Waals surface area contributed by atoms with Crippen molar-refractivity contribution >= 4 is 23.4 Å². The lowest BCUT2D eigenvalue weighted by Crippen LogP contribution is -2.46. The van der Waals surface area contributed by atoms with Crippen LogP contribution in [0.1, 0.15) is 45.4 Å². The Hall–Kier alpha value is -4.08. The normalized spacial score (nSPS) is 22.8. The summed E-state index contributed by atoms with van der Waals surface area (Å²) in [5.74, 6) is -2.14. The quantitative estimate of drug-likeness (QED) is 0.150. The third-order valence-electron chi connectivity index (χ3n) is 5.64. The molecule has 2 atom stereocenters. The molecule has 202 valence electrons. The summed E-state index contributed by atoms with van der Waals surface area (Å²) in [7, 11) is 0. The minimum atomic E-state index is -1.90. The smallest absolute Gasteiger partial charge is 0.248 e. The van der Waals surface area contributed by atoms with Crippen LogP contribution in [0.4, 0.5) is 0 Å². The standard InChI is InChI=1S/C29H34N2O7/c1-2-3-4-5-6-7-8-11-14-26(36)30-21-20-29(38,25(35)19-24(21)34)18-13-10-9-12-15-27(37)31-28-22(32)16-17-23(28)33/h5-15,18,20,25,32,35,38H,2-4,16-17,19H2,1H3,(H,30,36)(H,31,37)/b6-5+,8-7+,10-9+,14-11+,15-12+,18-13+/t25-,29+/m1/s1. The van der Waals surface area contributed by atoms with E-state index < -0.39 is 29.3 Å². The van der Waals surface area contributed by atoms with Gasteiger partial charge in [0.05, 0.1) is 11.8 Å². The predicted molar refractivity (Wildman–Crippen MR) is 143 cm³/mol. The first kappa shape index (κ1) is 30.1. The number of carbonyl (C=O) groups is 4. The van der Waals surface area contributed by atoms with Gasteiger partial charge in [-0.1, -0.05) is 74.4 Å². The summed E-state index contributed by atoms with van der Waals surface area (Å²) in [5.41, 5.74) is -2.12. The molecule has 0 heterocycles. The molecular formula is C29H34N2O7. The molecule has 0 aromatic rings. The number of nitrogens with one attached hydrogen (secondary N) is 2. The molecule has 0 aromatic carbocycles. The summed E-state index contributed by atoms with van der Waals surface area (Å²) < 4.78 is 0. The Bertz CT molecular complexity index is 1150. The molecule has 38 heavy (non-hydrogen) atoms. The molecule has 0 saturated heterocycles. The zero-order valence-electron chi connectivity index (χ0n) is 21.3. The van der Waals surface area contributed by atoms with Gasteiger partial charge in [-0.25, -0.2) is 0 Å². The molecule has 2 rings (SSSR count). The summed E-state index contributed by atoms with van der Waals surface area (Å²) in [4.78, 5) is 47.8. The molecule has 0 aliphatic heterocycles. The van der Waals surface area contributed by atoms with Crippen LogP contribution >= 0.6 is 0 Å². The van der Waals surface area contributed by atoms with Crippen molar-refractivity contribution in [2.45, 2.75) is 57.2 Å². The highest BCUT2D eigenvalue weighted by atomic mass is 16.3. The highest BCUT2D eigenvalue weighted by Gasteiger charge is 2.38. The van der Waals surface area contributed by atoms with E-state index in [-0.39, 0.29) is 42.2 Å². The third kappa shape index (κ3) is 9.76. The molecule has 0 bridgehead atoms. The number of Topliss-reactive ketones (excluding diaryl/α,β-unsaturated/α-hetero) is 2. The Balaban J connectivity index is 1.93. The first-order valence-corrected chi connectivity index (χ1v) is 12.4. The predicted octanol–water partition coefficient (Wildman–Crippen LogP) is 2.83. The third-order valence-corrected chi connectivity index (χ3v) is 5.64. The van der Waals surface area contributed by atoms with Crippen molar-refractivity contribution in [2.24, 2.45) is 0 Å². The van der Waals surface area contributed by atoms with Crippen molar-refractivity contribution in [3.05, 3.63) is 96.1 Å². The van der Waals surface area contributed by atoms with Crippen molar-refractivity contribution < 1.29 is 34.5 Å². The Kier molecular flexibility index (Phi) is 12.1. The zero-order chi connectivity index (χ0) is 28.0. The molecular weight excluding hydrogens is 488 g/mol. The lowest BCUT2D eigenvalue weighted by Gasteiger charge is -2.31. The maximum Gasteiger partial charge on any atom is 0.248 e. The molecule has 9 heteroatoms. The number of aliphatic hydroxyl groups excluding tert-OH is 2. The Morgan fingerprint density at radius 2 is 1.58 bits per heavy atom. The van der Waals surface area contributed by atoms with Crippen LogP contribution in [0.15, 0.2) is 96.1 Å². The summed E-state index contributed by atoms with van der Waals surface area (Å²) in [5, 5.41) is 35.4. The van der Waals surface area contributed by atoms with E-state index in [0.29, 0.717) is 0 Å². The minimum Gasteiger partial charge on any atom is -0.510 e. The lowest BCUT2D eigenvalue weighted by molar-refractivity contribution is -0.124. The fourth-order valence-electron chi connectivity index (χ4n) is 3.49. The van der Waals surface area contributed by atoms with E-state index in [1.54, 1.807) is 12.2 Å². The Morgan fingerprint density at radius 1 is 0.947 bits per heavy atom. The van der Waals surface area contributed by atoms with Gasteiger partial charge in [-0.3, -0.25) is 19.2 Å². The molecule has 2 aliphatic carbocycles. The SMILES string of the molecule is CCCC/C=C/C=C/C=C/C(=O)NC1=C[C@@](O)(/C=C/C=C/C=C/C(=O)NC2=C(O)CCC2=O)[C@H](O)CC1=O.